The first-order valence-electron chi connectivity index (χ1n) is 9.78. The van der Waals surface area contributed by atoms with Gasteiger partial charge in [0.05, 0.1) is 22.9 Å². The second-order valence-electron chi connectivity index (χ2n) is 7.31. The van der Waals surface area contributed by atoms with Gasteiger partial charge in [0.25, 0.3) is 0 Å². The van der Waals surface area contributed by atoms with Crippen LogP contribution in [0, 0.1) is 0 Å². The van der Waals surface area contributed by atoms with Crippen molar-refractivity contribution in [1.82, 2.24) is 4.98 Å². The zero-order chi connectivity index (χ0) is 21.1. The number of ether oxygens (including phenoxy) is 1. The summed E-state index contributed by atoms with van der Waals surface area (Å²) in [6, 6.07) is 15.1. The Hall–Kier alpha value is -1.90. The number of sulfone groups is 1. The van der Waals surface area contributed by atoms with Gasteiger partial charge < -0.3 is 9.64 Å². The fourth-order valence-corrected chi connectivity index (χ4v) is 7.33. The Morgan fingerprint density at radius 2 is 1.83 bits per heavy atom. The second kappa shape index (κ2) is 9.08. The number of benzene rings is 2. The predicted octanol–water partition coefficient (Wildman–Crippen LogP) is 4.95. The van der Waals surface area contributed by atoms with E-state index in [1.807, 2.05) is 18.2 Å². The Morgan fingerprint density at radius 3 is 2.50 bits per heavy atom. The molecule has 1 saturated heterocycles. The number of methoxy groups -OCH3 is 1. The van der Waals surface area contributed by atoms with Gasteiger partial charge in [-0.1, -0.05) is 24.3 Å². The molecule has 0 spiro atoms. The number of rotatable bonds is 6. The highest BCUT2D eigenvalue weighted by Gasteiger charge is 2.33. The summed E-state index contributed by atoms with van der Waals surface area (Å²) in [4.78, 5) is 7.38. The summed E-state index contributed by atoms with van der Waals surface area (Å²) in [5.74, 6) is 0.845. The van der Waals surface area contributed by atoms with Crippen molar-refractivity contribution in [3.8, 4) is 5.75 Å². The van der Waals surface area contributed by atoms with Crippen LogP contribution in [0.15, 0.2) is 63.3 Å². The summed E-state index contributed by atoms with van der Waals surface area (Å²) < 4.78 is 31.9. The van der Waals surface area contributed by atoms with E-state index in [0.717, 1.165) is 23.0 Å². The summed E-state index contributed by atoms with van der Waals surface area (Å²) in [7, 11) is -1.68. The number of piperidine rings is 1. The zero-order valence-electron chi connectivity index (χ0n) is 16.6. The van der Waals surface area contributed by atoms with E-state index in [2.05, 4.69) is 38.3 Å². The molecule has 0 amide bonds. The molecule has 2 aromatic carbocycles. The first-order valence-corrected chi connectivity index (χ1v) is 13.0. The van der Waals surface area contributed by atoms with Crippen LogP contribution in [0.3, 0.4) is 0 Å². The first kappa shape index (κ1) is 21.3. The lowest BCUT2D eigenvalue weighted by Crippen LogP contribution is -2.39. The van der Waals surface area contributed by atoms with Crippen molar-refractivity contribution >= 4 is 42.2 Å². The molecule has 0 aliphatic carbocycles. The standard InChI is InChI=1S/C22H23BrN2O3S2/c1-28-18-8-6-16(7-9-18)14-17-15-29-22(24-17)25-12-10-19(11-13-25)30(26,27)21-5-3-2-4-20(21)23/h2-9,15,19H,10-14H2,1H3. The van der Waals surface area contributed by atoms with Gasteiger partial charge in [0.15, 0.2) is 15.0 Å². The molecule has 30 heavy (non-hydrogen) atoms. The summed E-state index contributed by atoms with van der Waals surface area (Å²) >= 11 is 5.00. The SMILES string of the molecule is COc1ccc(Cc2csc(N3CCC(S(=O)(=O)c4ccccc4Br)CC3)n2)cc1. The molecule has 1 fully saturated rings. The number of nitrogens with zero attached hydrogens (tertiary/aromatic N) is 2. The quantitative estimate of drug-likeness (QED) is 0.473. The lowest BCUT2D eigenvalue weighted by molar-refractivity contribution is 0.414. The smallest absolute Gasteiger partial charge is 0.185 e. The molecule has 1 aliphatic rings. The highest BCUT2D eigenvalue weighted by molar-refractivity contribution is 9.10. The van der Waals surface area contributed by atoms with Crippen LogP contribution in [0.2, 0.25) is 0 Å². The lowest BCUT2D eigenvalue weighted by Gasteiger charge is -2.31. The van der Waals surface area contributed by atoms with E-state index in [9.17, 15) is 8.42 Å². The molecule has 8 heteroatoms. The molecule has 0 radical (unpaired) electrons. The molecular formula is C22H23BrN2O3S2. The summed E-state index contributed by atoms with van der Waals surface area (Å²) in [5.41, 5.74) is 2.22. The van der Waals surface area contributed by atoms with Crippen LogP contribution >= 0.6 is 27.3 Å². The van der Waals surface area contributed by atoms with Crippen LogP contribution in [0.1, 0.15) is 24.1 Å². The molecule has 2 heterocycles. The fraction of sp³-hybridized carbons (Fsp3) is 0.318. The van der Waals surface area contributed by atoms with Crippen molar-refractivity contribution < 1.29 is 13.2 Å². The number of hydrogen-bond donors (Lipinski definition) is 0. The molecule has 3 aromatic rings. The maximum atomic E-state index is 13.0. The minimum atomic E-state index is -3.34. The van der Waals surface area contributed by atoms with Gasteiger partial charge in [-0.2, -0.15) is 0 Å². The van der Waals surface area contributed by atoms with Gasteiger partial charge in [0, 0.05) is 29.4 Å². The number of halogens is 1. The van der Waals surface area contributed by atoms with E-state index in [4.69, 9.17) is 9.72 Å². The van der Waals surface area contributed by atoms with Crippen molar-refractivity contribution in [2.75, 3.05) is 25.1 Å². The Labute approximate surface area is 189 Å². The average Bonchev–Trinajstić information content (AvgIpc) is 3.23. The van der Waals surface area contributed by atoms with Gasteiger partial charge in [0.2, 0.25) is 0 Å². The molecular weight excluding hydrogens is 484 g/mol. The fourth-order valence-electron chi connectivity index (χ4n) is 3.69. The average molecular weight is 507 g/mol. The highest BCUT2D eigenvalue weighted by atomic mass is 79.9. The molecule has 1 aromatic heterocycles. The third-order valence-electron chi connectivity index (χ3n) is 5.38. The maximum Gasteiger partial charge on any atom is 0.185 e. The van der Waals surface area contributed by atoms with E-state index >= 15 is 0 Å². The molecule has 158 valence electrons. The van der Waals surface area contributed by atoms with Crippen LogP contribution in [-0.4, -0.2) is 38.9 Å². The highest BCUT2D eigenvalue weighted by Crippen LogP contribution is 2.32. The third kappa shape index (κ3) is 4.55. The maximum absolute atomic E-state index is 13.0. The predicted molar refractivity (Wildman–Crippen MR) is 124 cm³/mol. The second-order valence-corrected chi connectivity index (χ2v) is 11.2. The van der Waals surface area contributed by atoms with Gasteiger partial charge in [-0.25, -0.2) is 13.4 Å². The van der Waals surface area contributed by atoms with Gasteiger partial charge in [-0.05, 0) is 58.6 Å². The molecule has 0 unspecified atom stereocenters. The normalized spacial score (nSPS) is 15.3. The third-order valence-corrected chi connectivity index (χ3v) is 9.60. The molecule has 5 nitrogen and oxygen atoms in total. The van der Waals surface area contributed by atoms with Crippen LogP contribution in [0.4, 0.5) is 5.13 Å². The minimum absolute atomic E-state index is 0.355. The number of anilines is 1. The summed E-state index contributed by atoms with van der Waals surface area (Å²) in [5, 5.41) is 2.70. The Morgan fingerprint density at radius 1 is 1.13 bits per heavy atom. The topological polar surface area (TPSA) is 59.5 Å². The Balaban J connectivity index is 1.39. The first-order chi connectivity index (χ1) is 14.5. The largest absolute Gasteiger partial charge is 0.497 e. The molecule has 0 N–H and O–H groups in total. The van der Waals surface area contributed by atoms with Gasteiger partial charge >= 0.3 is 0 Å². The Kier molecular flexibility index (Phi) is 6.46. The molecule has 4 rings (SSSR count). The van der Waals surface area contributed by atoms with Crippen LogP contribution in [-0.2, 0) is 16.3 Å². The van der Waals surface area contributed by atoms with Crippen LogP contribution < -0.4 is 9.64 Å². The van der Waals surface area contributed by atoms with Crippen LogP contribution in [0.25, 0.3) is 0 Å². The van der Waals surface area contributed by atoms with Crippen molar-refractivity contribution in [3.63, 3.8) is 0 Å². The summed E-state index contributed by atoms with van der Waals surface area (Å²) in [6.07, 6.45) is 1.99. The van der Waals surface area contributed by atoms with Crippen LogP contribution in [0.5, 0.6) is 5.75 Å². The summed E-state index contributed by atoms with van der Waals surface area (Å²) in [6.45, 7) is 1.40. The zero-order valence-corrected chi connectivity index (χ0v) is 19.8. The number of thiazole rings is 1. The van der Waals surface area contributed by atoms with Crippen molar-refractivity contribution in [3.05, 3.63) is 69.6 Å². The van der Waals surface area contributed by atoms with E-state index in [1.165, 1.54) is 5.56 Å². The van der Waals surface area contributed by atoms with Gasteiger partial charge in [0.1, 0.15) is 5.75 Å². The van der Waals surface area contributed by atoms with Crippen molar-refractivity contribution in [2.45, 2.75) is 29.4 Å². The molecule has 1 aliphatic heterocycles. The number of aromatic nitrogens is 1. The monoisotopic (exact) mass is 506 g/mol. The minimum Gasteiger partial charge on any atom is -0.497 e. The van der Waals surface area contributed by atoms with Crippen molar-refractivity contribution in [1.29, 1.82) is 0 Å². The van der Waals surface area contributed by atoms with E-state index in [1.54, 1.807) is 36.6 Å². The Bertz CT molecular complexity index is 1110. The van der Waals surface area contributed by atoms with Crippen molar-refractivity contribution in [2.24, 2.45) is 0 Å². The van der Waals surface area contributed by atoms with Gasteiger partial charge in [-0.3, -0.25) is 0 Å². The molecule has 0 saturated carbocycles. The molecule has 0 bridgehead atoms. The lowest BCUT2D eigenvalue weighted by atomic mass is 10.1. The van der Waals surface area contributed by atoms with E-state index in [0.29, 0.717) is 35.3 Å². The molecule has 0 atom stereocenters. The number of hydrogen-bond acceptors (Lipinski definition) is 6. The van der Waals surface area contributed by atoms with Gasteiger partial charge in [-0.15, -0.1) is 11.3 Å². The van der Waals surface area contributed by atoms with E-state index in [-0.39, 0.29) is 5.25 Å². The van der Waals surface area contributed by atoms with E-state index < -0.39 is 9.84 Å².